The van der Waals surface area contributed by atoms with Crippen LogP contribution >= 0.6 is 0 Å². The highest BCUT2D eigenvalue weighted by Gasteiger charge is 2.26. The van der Waals surface area contributed by atoms with Crippen molar-refractivity contribution in [3.05, 3.63) is 35.4 Å². The molecule has 0 fully saturated rings. The topological polar surface area (TPSA) is 72.0 Å². The number of aryl methyl sites for hydroxylation is 1. The van der Waals surface area contributed by atoms with Crippen LogP contribution in [0, 0.1) is 5.92 Å². The van der Waals surface area contributed by atoms with Crippen LogP contribution < -0.4 is 10.6 Å². The lowest BCUT2D eigenvalue weighted by molar-refractivity contribution is -0.719. The number of methoxy groups -OCH3 is 1. The molecule has 0 bridgehead atoms. The summed E-state index contributed by atoms with van der Waals surface area (Å²) in [5.41, 5.74) is 2.52. The van der Waals surface area contributed by atoms with Gasteiger partial charge in [-0.15, -0.1) is 0 Å². The van der Waals surface area contributed by atoms with Crippen LogP contribution in [0.1, 0.15) is 51.3 Å². The number of amides is 2. The van der Waals surface area contributed by atoms with Gasteiger partial charge in [-0.05, 0) is 18.9 Å². The molecule has 0 aliphatic heterocycles. The number of hydrogen-bond donors (Lipinski definition) is 2. The molecular weight excluding hydrogens is 292 g/mol. The fraction of sp³-hybridized carbons (Fsp3) is 0.556. The fourth-order valence-corrected chi connectivity index (χ4v) is 2.58. The predicted octanol–water partition coefficient (Wildman–Crippen LogP) is 2.17. The van der Waals surface area contributed by atoms with Crippen molar-refractivity contribution in [2.45, 2.75) is 52.6 Å². The van der Waals surface area contributed by atoms with Crippen molar-refractivity contribution in [3.8, 4) is 0 Å². The Labute approximate surface area is 138 Å². The van der Waals surface area contributed by atoms with E-state index >= 15 is 0 Å². The maximum atomic E-state index is 12.0. The zero-order chi connectivity index (χ0) is 17.4. The zero-order valence-corrected chi connectivity index (χ0v) is 14.8. The molecule has 0 aliphatic carbocycles. The molecule has 0 spiro atoms. The molecule has 0 aromatic heterocycles. The van der Waals surface area contributed by atoms with E-state index in [1.807, 2.05) is 5.32 Å². The van der Waals surface area contributed by atoms with Crippen LogP contribution in [0.2, 0.25) is 0 Å². The van der Waals surface area contributed by atoms with E-state index in [-0.39, 0.29) is 18.0 Å². The maximum absolute atomic E-state index is 12.0. The number of benzene rings is 1. The summed E-state index contributed by atoms with van der Waals surface area (Å²) in [6, 6.07) is 8.36. The van der Waals surface area contributed by atoms with E-state index in [4.69, 9.17) is 0 Å². The van der Waals surface area contributed by atoms with Gasteiger partial charge < -0.3 is 10.1 Å². The Kier molecular flexibility index (Phi) is 7.75. The molecule has 23 heavy (non-hydrogen) atoms. The minimum Gasteiger partial charge on any atom is -0.453 e. The van der Waals surface area contributed by atoms with Crippen LogP contribution in [0.3, 0.4) is 0 Å². The van der Waals surface area contributed by atoms with E-state index in [0.29, 0.717) is 5.92 Å². The number of nitrogens with two attached hydrogens (primary N) is 1. The third-order valence-corrected chi connectivity index (χ3v) is 3.94. The van der Waals surface area contributed by atoms with Crippen LogP contribution in [-0.4, -0.2) is 25.2 Å². The second-order valence-electron chi connectivity index (χ2n) is 6.22. The van der Waals surface area contributed by atoms with Gasteiger partial charge in [0, 0.05) is 11.5 Å². The first-order valence-electron chi connectivity index (χ1n) is 8.21. The number of imide groups is 1. The van der Waals surface area contributed by atoms with Crippen molar-refractivity contribution in [1.29, 1.82) is 0 Å². The second-order valence-corrected chi connectivity index (χ2v) is 6.22. The van der Waals surface area contributed by atoms with Crippen molar-refractivity contribution < 1.29 is 19.6 Å². The van der Waals surface area contributed by atoms with Crippen LogP contribution in [-0.2, 0) is 16.0 Å². The lowest BCUT2D eigenvalue weighted by Crippen LogP contribution is -2.93. The van der Waals surface area contributed by atoms with Crippen molar-refractivity contribution in [2.75, 3.05) is 7.11 Å². The number of quaternary nitrogens is 1. The average molecular weight is 321 g/mol. The van der Waals surface area contributed by atoms with E-state index in [2.05, 4.69) is 55.1 Å². The van der Waals surface area contributed by atoms with Gasteiger partial charge in [0.05, 0.1) is 7.11 Å². The Hall–Kier alpha value is -1.88. The summed E-state index contributed by atoms with van der Waals surface area (Å²) in [7, 11) is 1.24. The Morgan fingerprint density at radius 2 is 1.78 bits per heavy atom. The summed E-state index contributed by atoms with van der Waals surface area (Å²) >= 11 is 0. The third-order valence-electron chi connectivity index (χ3n) is 3.94. The highest BCUT2D eigenvalue weighted by atomic mass is 16.5. The highest BCUT2D eigenvalue weighted by Crippen LogP contribution is 2.19. The molecule has 0 saturated heterocycles. The maximum Gasteiger partial charge on any atom is 0.413 e. The number of alkyl carbamates (subject to hydrolysis) is 1. The summed E-state index contributed by atoms with van der Waals surface area (Å²) in [5, 5.41) is 4.22. The lowest BCUT2D eigenvalue weighted by atomic mass is 9.94. The largest absolute Gasteiger partial charge is 0.453 e. The van der Waals surface area contributed by atoms with E-state index in [1.165, 1.54) is 18.2 Å². The summed E-state index contributed by atoms with van der Waals surface area (Å²) in [6.45, 7) is 8.22. The molecule has 0 saturated carbocycles. The van der Waals surface area contributed by atoms with Gasteiger partial charge in [0.1, 0.15) is 6.04 Å². The molecule has 2 atom stereocenters. The Morgan fingerprint density at radius 1 is 1.17 bits per heavy atom. The number of hydrogen-bond acceptors (Lipinski definition) is 3. The van der Waals surface area contributed by atoms with Gasteiger partial charge in [-0.3, -0.25) is 10.1 Å². The van der Waals surface area contributed by atoms with Gasteiger partial charge in [-0.25, -0.2) is 4.79 Å². The number of carbonyl (C=O) groups is 2. The summed E-state index contributed by atoms with van der Waals surface area (Å²) in [4.78, 5) is 23.1. The second kappa shape index (κ2) is 9.30. The number of carbonyl (C=O) groups excluding carboxylic acids is 2. The molecule has 1 aromatic rings. The van der Waals surface area contributed by atoms with E-state index in [1.54, 1.807) is 6.92 Å². The van der Waals surface area contributed by atoms with Crippen molar-refractivity contribution in [3.63, 3.8) is 0 Å². The number of nitrogens with one attached hydrogen (secondary N) is 1. The van der Waals surface area contributed by atoms with Crippen molar-refractivity contribution in [1.82, 2.24) is 5.32 Å². The van der Waals surface area contributed by atoms with E-state index in [9.17, 15) is 9.59 Å². The van der Waals surface area contributed by atoms with Crippen LogP contribution in [0.15, 0.2) is 24.3 Å². The number of rotatable bonds is 7. The first kappa shape index (κ1) is 19.2. The predicted molar refractivity (Wildman–Crippen MR) is 90.0 cm³/mol. The van der Waals surface area contributed by atoms with Gasteiger partial charge in [0.25, 0.3) is 5.91 Å². The highest BCUT2D eigenvalue weighted by molar-refractivity contribution is 5.93. The van der Waals surface area contributed by atoms with Crippen molar-refractivity contribution in [2.24, 2.45) is 5.92 Å². The minimum absolute atomic E-state index is 0.157. The molecule has 5 heteroatoms. The van der Waals surface area contributed by atoms with Crippen LogP contribution in [0.25, 0.3) is 0 Å². The van der Waals surface area contributed by atoms with Gasteiger partial charge in [-0.2, -0.15) is 0 Å². The van der Waals surface area contributed by atoms with Gasteiger partial charge in [-0.1, -0.05) is 51.5 Å². The summed E-state index contributed by atoms with van der Waals surface area (Å²) < 4.78 is 4.46. The van der Waals surface area contributed by atoms with E-state index in [0.717, 1.165) is 12.8 Å². The van der Waals surface area contributed by atoms with Gasteiger partial charge in [0.2, 0.25) is 0 Å². The Bertz CT molecular complexity index is 512. The standard InChI is InChI=1S/C18H28N2O3/c1-6-7-14-8-10-15(11-9-14)16(12(2)3)19-13(4)17(21)20-18(22)23-5/h8-13,16,19H,6-7H2,1-5H3,(H,20,21,22)/p+1/t13-,16-/m1/s1. The Morgan fingerprint density at radius 3 is 2.26 bits per heavy atom. The fourth-order valence-electron chi connectivity index (χ4n) is 2.58. The molecular formula is C18H29N2O3+. The van der Waals surface area contributed by atoms with Gasteiger partial charge in [0.15, 0.2) is 6.04 Å². The third kappa shape index (κ3) is 6.02. The van der Waals surface area contributed by atoms with Crippen LogP contribution in [0.5, 0.6) is 0 Å². The Balaban J connectivity index is 2.78. The molecule has 0 unspecified atom stereocenters. The number of ether oxygens (including phenoxy) is 1. The van der Waals surface area contributed by atoms with E-state index < -0.39 is 6.09 Å². The summed E-state index contributed by atoms with van der Waals surface area (Å²) in [6.07, 6.45) is 1.48. The first-order chi connectivity index (χ1) is 10.9. The SMILES string of the molecule is CCCc1ccc([C@H]([NH2+][C@H](C)C(=O)NC(=O)OC)C(C)C)cc1. The molecule has 0 radical (unpaired) electrons. The molecule has 1 rings (SSSR count). The zero-order valence-electron chi connectivity index (χ0n) is 14.8. The normalized spacial score (nSPS) is 13.5. The molecule has 1 aromatic carbocycles. The minimum atomic E-state index is -0.722. The van der Waals surface area contributed by atoms with Crippen LogP contribution in [0.4, 0.5) is 4.79 Å². The molecule has 128 valence electrons. The molecule has 3 N–H and O–H groups in total. The van der Waals surface area contributed by atoms with Crippen molar-refractivity contribution >= 4 is 12.0 Å². The lowest BCUT2D eigenvalue weighted by Gasteiger charge is -2.23. The molecule has 0 aliphatic rings. The summed E-state index contributed by atoms with van der Waals surface area (Å²) in [5.74, 6) is 0.0190. The monoisotopic (exact) mass is 321 g/mol. The molecule has 0 heterocycles. The first-order valence-corrected chi connectivity index (χ1v) is 8.21. The van der Waals surface area contributed by atoms with Gasteiger partial charge >= 0.3 is 6.09 Å². The smallest absolute Gasteiger partial charge is 0.413 e. The molecule has 2 amide bonds. The molecule has 5 nitrogen and oxygen atoms in total. The quantitative estimate of drug-likeness (QED) is 0.808. The average Bonchev–Trinajstić information content (AvgIpc) is 2.53.